The number of amides is 2. The first kappa shape index (κ1) is 24.2. The van der Waals surface area contributed by atoms with E-state index in [1.807, 2.05) is 42.1 Å². The fraction of sp³-hybridized carbons (Fsp3) is 0.417. The van der Waals surface area contributed by atoms with Crippen LogP contribution in [0.25, 0.3) is 0 Å². The van der Waals surface area contributed by atoms with Gasteiger partial charge in [0.25, 0.3) is 5.91 Å². The van der Waals surface area contributed by atoms with Gasteiger partial charge in [0.2, 0.25) is 5.91 Å². The van der Waals surface area contributed by atoms with Gasteiger partial charge in [0.1, 0.15) is 12.4 Å². The number of methoxy groups -OCH3 is 2. The van der Waals surface area contributed by atoms with Crippen LogP contribution in [0.4, 0.5) is 11.4 Å². The van der Waals surface area contributed by atoms with Crippen molar-refractivity contribution < 1.29 is 19.1 Å². The van der Waals surface area contributed by atoms with E-state index in [-0.39, 0.29) is 18.4 Å². The van der Waals surface area contributed by atoms with Crippen LogP contribution >= 0.6 is 0 Å². The van der Waals surface area contributed by atoms with Gasteiger partial charge in [0.05, 0.1) is 7.11 Å². The highest BCUT2D eigenvalue weighted by atomic mass is 16.5. The quantitative estimate of drug-likeness (QED) is 0.627. The normalized spacial score (nSPS) is 10.7. The third kappa shape index (κ3) is 7.00. The van der Waals surface area contributed by atoms with Crippen molar-refractivity contribution in [3.63, 3.8) is 0 Å². The number of anilines is 2. The SMILES string of the molecule is COCC(=O)Nc1ccc(N(C)C)c(CN(CC(C)C)C(=O)c2ccc(OC)cc2)c1. The third-order valence-electron chi connectivity index (χ3n) is 4.69. The van der Waals surface area contributed by atoms with Crippen molar-refractivity contribution in [3.8, 4) is 5.75 Å². The largest absolute Gasteiger partial charge is 0.497 e. The summed E-state index contributed by atoms with van der Waals surface area (Å²) in [6, 6.07) is 12.9. The van der Waals surface area contributed by atoms with E-state index in [1.165, 1.54) is 7.11 Å². The molecule has 31 heavy (non-hydrogen) atoms. The van der Waals surface area contributed by atoms with E-state index in [9.17, 15) is 9.59 Å². The predicted molar refractivity (Wildman–Crippen MR) is 124 cm³/mol. The summed E-state index contributed by atoms with van der Waals surface area (Å²) in [7, 11) is 7.00. The van der Waals surface area contributed by atoms with Crippen LogP contribution in [0.15, 0.2) is 42.5 Å². The molecule has 0 heterocycles. The topological polar surface area (TPSA) is 71.1 Å². The Morgan fingerprint density at radius 3 is 2.26 bits per heavy atom. The number of ether oxygens (including phenoxy) is 2. The van der Waals surface area contributed by atoms with Crippen molar-refractivity contribution in [1.29, 1.82) is 0 Å². The first-order valence-corrected chi connectivity index (χ1v) is 10.3. The second-order valence-electron chi connectivity index (χ2n) is 8.03. The molecule has 2 rings (SSSR count). The molecule has 0 aliphatic carbocycles. The molecule has 0 radical (unpaired) electrons. The van der Waals surface area contributed by atoms with Crippen molar-refractivity contribution in [2.24, 2.45) is 5.92 Å². The molecule has 7 heteroatoms. The Morgan fingerprint density at radius 2 is 1.71 bits per heavy atom. The van der Waals surface area contributed by atoms with Gasteiger partial charge in [-0.3, -0.25) is 9.59 Å². The van der Waals surface area contributed by atoms with Crippen molar-refractivity contribution in [2.75, 3.05) is 51.7 Å². The summed E-state index contributed by atoms with van der Waals surface area (Å²) in [6.07, 6.45) is 0. The van der Waals surface area contributed by atoms with E-state index in [1.54, 1.807) is 31.4 Å². The van der Waals surface area contributed by atoms with E-state index in [4.69, 9.17) is 9.47 Å². The molecular formula is C24H33N3O4. The second-order valence-corrected chi connectivity index (χ2v) is 8.03. The number of hydrogen-bond acceptors (Lipinski definition) is 5. The smallest absolute Gasteiger partial charge is 0.254 e. The van der Waals surface area contributed by atoms with E-state index in [2.05, 4.69) is 19.2 Å². The van der Waals surface area contributed by atoms with Gasteiger partial charge in [-0.05, 0) is 53.9 Å². The molecule has 0 aliphatic heterocycles. The Morgan fingerprint density at radius 1 is 1.03 bits per heavy atom. The highest BCUT2D eigenvalue weighted by Gasteiger charge is 2.20. The number of carbonyl (C=O) groups excluding carboxylic acids is 2. The third-order valence-corrected chi connectivity index (χ3v) is 4.69. The summed E-state index contributed by atoms with van der Waals surface area (Å²) in [4.78, 5) is 29.1. The average Bonchev–Trinajstić information content (AvgIpc) is 2.72. The monoisotopic (exact) mass is 427 g/mol. The summed E-state index contributed by atoms with van der Waals surface area (Å²) >= 11 is 0. The zero-order valence-electron chi connectivity index (χ0n) is 19.3. The van der Waals surface area contributed by atoms with E-state index < -0.39 is 0 Å². The predicted octanol–water partition coefficient (Wildman–Crippen LogP) is 3.64. The van der Waals surface area contributed by atoms with Crippen LogP contribution in [0.2, 0.25) is 0 Å². The first-order chi connectivity index (χ1) is 14.7. The van der Waals surface area contributed by atoms with Crippen molar-refractivity contribution >= 4 is 23.2 Å². The molecule has 0 unspecified atom stereocenters. The molecule has 0 spiro atoms. The molecule has 0 bridgehead atoms. The Hall–Kier alpha value is -3.06. The van der Waals surface area contributed by atoms with Crippen molar-refractivity contribution in [1.82, 2.24) is 4.90 Å². The minimum atomic E-state index is -0.223. The van der Waals surface area contributed by atoms with Crippen LogP contribution in [0.3, 0.4) is 0 Å². The molecular weight excluding hydrogens is 394 g/mol. The van der Waals surface area contributed by atoms with Crippen molar-refractivity contribution in [2.45, 2.75) is 20.4 Å². The lowest BCUT2D eigenvalue weighted by atomic mass is 10.1. The molecule has 0 saturated heterocycles. The lowest BCUT2D eigenvalue weighted by Gasteiger charge is -2.28. The van der Waals surface area contributed by atoms with E-state index >= 15 is 0 Å². The minimum Gasteiger partial charge on any atom is -0.497 e. The zero-order chi connectivity index (χ0) is 23.0. The molecule has 2 aromatic carbocycles. The highest BCUT2D eigenvalue weighted by molar-refractivity contribution is 5.94. The molecule has 7 nitrogen and oxygen atoms in total. The number of carbonyl (C=O) groups is 2. The van der Waals surface area contributed by atoms with Gasteiger partial charge in [0.15, 0.2) is 0 Å². The Kier molecular flexibility index (Phi) is 8.88. The van der Waals surface area contributed by atoms with Gasteiger partial charge < -0.3 is 24.6 Å². The van der Waals surface area contributed by atoms with Crippen LogP contribution in [-0.2, 0) is 16.1 Å². The lowest BCUT2D eigenvalue weighted by molar-refractivity contribution is -0.119. The molecule has 0 fully saturated rings. The van der Waals surface area contributed by atoms with E-state index in [0.717, 1.165) is 11.3 Å². The summed E-state index contributed by atoms with van der Waals surface area (Å²) in [6.45, 7) is 5.19. The summed E-state index contributed by atoms with van der Waals surface area (Å²) in [5, 5.41) is 2.84. The standard InChI is InChI=1S/C24H33N3O4/c1-17(2)14-27(24(29)18-7-10-21(31-6)11-8-18)15-19-13-20(25-23(28)16-30-5)9-12-22(19)26(3)4/h7-13,17H,14-16H2,1-6H3,(H,25,28). The molecule has 0 saturated carbocycles. The molecule has 1 N–H and O–H groups in total. The maximum absolute atomic E-state index is 13.3. The maximum Gasteiger partial charge on any atom is 0.254 e. The van der Waals surface area contributed by atoms with Gasteiger partial charge >= 0.3 is 0 Å². The van der Waals surface area contributed by atoms with Crippen LogP contribution in [0, 0.1) is 5.92 Å². The van der Waals surface area contributed by atoms with Gasteiger partial charge in [-0.2, -0.15) is 0 Å². The molecule has 168 valence electrons. The zero-order valence-corrected chi connectivity index (χ0v) is 19.3. The Bertz CT molecular complexity index is 879. The Balaban J connectivity index is 2.34. The fourth-order valence-corrected chi connectivity index (χ4v) is 3.34. The van der Waals surface area contributed by atoms with Crippen molar-refractivity contribution in [3.05, 3.63) is 53.6 Å². The lowest BCUT2D eigenvalue weighted by Crippen LogP contribution is -2.34. The maximum atomic E-state index is 13.3. The minimum absolute atomic E-state index is 0.0137. The molecule has 0 aliphatic rings. The number of benzene rings is 2. The van der Waals surface area contributed by atoms with Crippen LogP contribution in [0.1, 0.15) is 29.8 Å². The molecule has 0 aromatic heterocycles. The van der Waals surface area contributed by atoms with Crippen LogP contribution in [-0.4, -0.2) is 58.2 Å². The van der Waals surface area contributed by atoms with Gasteiger partial charge in [-0.1, -0.05) is 13.8 Å². The summed E-state index contributed by atoms with van der Waals surface area (Å²) in [5.74, 6) is 0.741. The second kappa shape index (κ2) is 11.4. The van der Waals surface area contributed by atoms with E-state index in [0.29, 0.717) is 36.0 Å². The number of nitrogens with zero attached hydrogens (tertiary/aromatic N) is 2. The average molecular weight is 428 g/mol. The first-order valence-electron chi connectivity index (χ1n) is 10.3. The fourth-order valence-electron chi connectivity index (χ4n) is 3.34. The number of rotatable bonds is 10. The molecule has 2 amide bonds. The van der Waals surface area contributed by atoms with Gasteiger partial charge in [0, 0.05) is 51.2 Å². The summed E-state index contributed by atoms with van der Waals surface area (Å²) in [5.41, 5.74) is 3.21. The van der Waals surface area contributed by atoms with Gasteiger partial charge in [-0.25, -0.2) is 0 Å². The molecule has 2 aromatic rings. The van der Waals surface area contributed by atoms with Gasteiger partial charge in [-0.15, -0.1) is 0 Å². The Labute approximate surface area is 184 Å². The van der Waals surface area contributed by atoms with Crippen LogP contribution in [0.5, 0.6) is 5.75 Å². The number of nitrogens with one attached hydrogen (secondary N) is 1. The summed E-state index contributed by atoms with van der Waals surface area (Å²) < 4.78 is 10.1. The van der Waals surface area contributed by atoms with Crippen LogP contribution < -0.4 is 15.0 Å². The molecule has 0 atom stereocenters. The highest BCUT2D eigenvalue weighted by Crippen LogP contribution is 2.26. The number of hydrogen-bond donors (Lipinski definition) is 1.